The highest BCUT2D eigenvalue weighted by atomic mass is 16.7. The molecule has 7 nitrogen and oxygen atoms in total. The summed E-state index contributed by atoms with van der Waals surface area (Å²) in [6.07, 6.45) is 3.28. The van der Waals surface area contributed by atoms with Gasteiger partial charge in [-0.15, -0.1) is 0 Å². The minimum atomic E-state index is -1.13. The topological polar surface area (TPSA) is 90.9 Å². The van der Waals surface area contributed by atoms with Crippen molar-refractivity contribution >= 4 is 12.0 Å². The molecule has 1 fully saturated rings. The van der Waals surface area contributed by atoms with Gasteiger partial charge < -0.3 is 5.11 Å². The van der Waals surface area contributed by atoms with Crippen molar-refractivity contribution in [3.05, 3.63) is 0 Å². The van der Waals surface area contributed by atoms with Crippen molar-refractivity contribution < 1.29 is 19.5 Å². The summed E-state index contributed by atoms with van der Waals surface area (Å²) in [5, 5.41) is 10.0. The first-order valence-electron chi connectivity index (χ1n) is 4.83. The average molecular weight is 217 g/mol. The molecular formula is C8H15N3O4. The van der Waals surface area contributed by atoms with Crippen molar-refractivity contribution in [1.29, 1.82) is 0 Å². The quantitative estimate of drug-likeness (QED) is 0.562. The molecule has 0 radical (unpaired) electrons. The third kappa shape index (κ3) is 5.18. The Bertz CT molecular complexity index is 228. The van der Waals surface area contributed by atoms with Crippen LogP contribution in [0.3, 0.4) is 0 Å². The van der Waals surface area contributed by atoms with Crippen molar-refractivity contribution in [3.63, 3.8) is 0 Å². The second kappa shape index (κ2) is 6.20. The first kappa shape index (κ1) is 11.7. The Morgan fingerprint density at radius 2 is 1.93 bits per heavy atom. The van der Waals surface area contributed by atoms with Crippen molar-refractivity contribution in [1.82, 2.24) is 15.9 Å². The maximum Gasteiger partial charge on any atom is 0.353 e. The van der Waals surface area contributed by atoms with E-state index in [0.717, 1.165) is 25.9 Å². The zero-order valence-electron chi connectivity index (χ0n) is 8.36. The highest BCUT2D eigenvalue weighted by molar-refractivity contribution is 5.72. The van der Waals surface area contributed by atoms with E-state index in [2.05, 4.69) is 10.3 Å². The molecule has 1 aliphatic heterocycles. The van der Waals surface area contributed by atoms with Gasteiger partial charge >= 0.3 is 12.0 Å². The van der Waals surface area contributed by atoms with Gasteiger partial charge in [0.15, 0.2) is 6.61 Å². The fourth-order valence-corrected chi connectivity index (χ4v) is 1.34. The van der Waals surface area contributed by atoms with Crippen molar-refractivity contribution in [2.45, 2.75) is 19.3 Å². The van der Waals surface area contributed by atoms with E-state index in [0.29, 0.717) is 0 Å². The zero-order chi connectivity index (χ0) is 11.1. The minimum Gasteiger partial charge on any atom is -0.479 e. The van der Waals surface area contributed by atoms with E-state index in [9.17, 15) is 9.59 Å². The number of rotatable bonds is 4. The van der Waals surface area contributed by atoms with Crippen LogP contribution in [0.25, 0.3) is 0 Å². The van der Waals surface area contributed by atoms with Crippen LogP contribution in [0.1, 0.15) is 19.3 Å². The summed E-state index contributed by atoms with van der Waals surface area (Å²) < 4.78 is 0. The lowest BCUT2D eigenvalue weighted by Crippen LogP contribution is -2.49. The number of hydroxylamine groups is 1. The number of nitrogens with one attached hydrogen (secondary N) is 2. The maximum atomic E-state index is 11.1. The molecule has 2 amide bonds. The summed E-state index contributed by atoms with van der Waals surface area (Å²) in [5.41, 5.74) is 4.55. The second-order valence-corrected chi connectivity index (χ2v) is 3.27. The molecule has 0 aromatic rings. The number of carbonyl (C=O) groups is 2. The summed E-state index contributed by atoms with van der Waals surface area (Å²) in [5.74, 6) is -1.13. The fourth-order valence-electron chi connectivity index (χ4n) is 1.34. The van der Waals surface area contributed by atoms with Gasteiger partial charge in [0.25, 0.3) is 0 Å². The predicted octanol–water partition coefficient (Wildman–Crippen LogP) is -0.297. The summed E-state index contributed by atoms with van der Waals surface area (Å²) >= 11 is 0. The molecule has 0 aliphatic carbocycles. The standard InChI is InChI=1S/C8H15N3O4/c12-7(13)6-15-10-8(14)9-11-4-2-1-3-5-11/h1-6H2,(H,12,13)(H2,9,10,14). The number of hydrogen-bond donors (Lipinski definition) is 3. The van der Waals surface area contributed by atoms with Gasteiger partial charge in [0.2, 0.25) is 0 Å². The van der Waals surface area contributed by atoms with Crippen LogP contribution >= 0.6 is 0 Å². The largest absolute Gasteiger partial charge is 0.479 e. The Morgan fingerprint density at radius 1 is 1.27 bits per heavy atom. The van der Waals surface area contributed by atoms with E-state index in [1.807, 2.05) is 5.48 Å². The van der Waals surface area contributed by atoms with E-state index in [1.54, 1.807) is 5.01 Å². The van der Waals surface area contributed by atoms with E-state index in [-0.39, 0.29) is 0 Å². The van der Waals surface area contributed by atoms with Crippen molar-refractivity contribution in [2.75, 3.05) is 19.7 Å². The molecule has 7 heteroatoms. The lowest BCUT2D eigenvalue weighted by Gasteiger charge is -2.26. The molecule has 1 rings (SSSR count). The van der Waals surface area contributed by atoms with Gasteiger partial charge in [-0.1, -0.05) is 6.42 Å². The molecule has 0 atom stereocenters. The number of hydrogen-bond acceptors (Lipinski definition) is 4. The molecule has 0 spiro atoms. The molecule has 86 valence electrons. The summed E-state index contributed by atoms with van der Waals surface area (Å²) in [6, 6.07) is -0.543. The highest BCUT2D eigenvalue weighted by Gasteiger charge is 2.12. The Morgan fingerprint density at radius 3 is 2.53 bits per heavy atom. The van der Waals surface area contributed by atoms with Gasteiger partial charge in [-0.05, 0) is 12.8 Å². The van der Waals surface area contributed by atoms with Crippen LogP contribution in [0.2, 0.25) is 0 Å². The van der Waals surface area contributed by atoms with E-state index in [4.69, 9.17) is 5.11 Å². The Balaban J connectivity index is 2.09. The van der Waals surface area contributed by atoms with Gasteiger partial charge in [0.05, 0.1) is 0 Å². The summed E-state index contributed by atoms with van der Waals surface area (Å²) in [7, 11) is 0. The monoisotopic (exact) mass is 217 g/mol. The average Bonchev–Trinajstić information content (AvgIpc) is 2.18. The smallest absolute Gasteiger partial charge is 0.353 e. The molecule has 1 heterocycles. The Hall–Kier alpha value is -1.34. The molecule has 0 saturated carbocycles. The Labute approximate surface area is 87.3 Å². The number of aliphatic carboxylic acids is 1. The maximum absolute atomic E-state index is 11.1. The van der Waals surface area contributed by atoms with Crippen LogP contribution in [0, 0.1) is 0 Å². The van der Waals surface area contributed by atoms with E-state index in [1.165, 1.54) is 6.42 Å². The second-order valence-electron chi connectivity index (χ2n) is 3.27. The van der Waals surface area contributed by atoms with Crippen LogP contribution in [-0.2, 0) is 9.63 Å². The van der Waals surface area contributed by atoms with Crippen LogP contribution in [0.15, 0.2) is 0 Å². The van der Waals surface area contributed by atoms with Crippen molar-refractivity contribution in [3.8, 4) is 0 Å². The molecule has 1 saturated heterocycles. The summed E-state index contributed by atoms with van der Waals surface area (Å²) in [6.45, 7) is 1.08. The van der Waals surface area contributed by atoms with Crippen LogP contribution in [0.5, 0.6) is 0 Å². The molecule has 3 N–H and O–H groups in total. The van der Waals surface area contributed by atoms with Crippen LogP contribution in [0.4, 0.5) is 4.79 Å². The molecular weight excluding hydrogens is 202 g/mol. The number of hydrazine groups is 1. The number of piperidine rings is 1. The lowest BCUT2D eigenvalue weighted by molar-refractivity contribution is -0.144. The SMILES string of the molecule is O=C(O)CONC(=O)NN1CCCCC1. The van der Waals surface area contributed by atoms with Gasteiger partial charge in [-0.25, -0.2) is 20.1 Å². The number of nitrogens with zero attached hydrogens (tertiary/aromatic N) is 1. The fraction of sp³-hybridized carbons (Fsp3) is 0.750. The van der Waals surface area contributed by atoms with E-state index < -0.39 is 18.6 Å². The number of urea groups is 1. The number of carboxylic acids is 1. The number of amides is 2. The first-order chi connectivity index (χ1) is 7.18. The summed E-state index contributed by atoms with van der Waals surface area (Å²) in [4.78, 5) is 25.6. The molecule has 0 unspecified atom stereocenters. The normalized spacial score (nSPS) is 17.1. The first-order valence-corrected chi connectivity index (χ1v) is 4.83. The van der Waals surface area contributed by atoms with Gasteiger partial charge in [-0.2, -0.15) is 0 Å². The van der Waals surface area contributed by atoms with Gasteiger partial charge in [-0.3, -0.25) is 10.3 Å². The molecule has 15 heavy (non-hydrogen) atoms. The molecule has 0 aromatic carbocycles. The highest BCUT2D eigenvalue weighted by Crippen LogP contribution is 2.05. The molecule has 0 aromatic heterocycles. The predicted molar refractivity (Wildman–Crippen MR) is 50.7 cm³/mol. The third-order valence-electron chi connectivity index (χ3n) is 1.98. The van der Waals surface area contributed by atoms with Crippen LogP contribution < -0.4 is 10.9 Å². The third-order valence-corrected chi connectivity index (χ3v) is 1.98. The lowest BCUT2D eigenvalue weighted by atomic mass is 10.2. The van der Waals surface area contributed by atoms with Crippen molar-refractivity contribution in [2.24, 2.45) is 0 Å². The number of carboxylic acid groups (broad SMARTS) is 1. The van der Waals surface area contributed by atoms with Gasteiger partial charge in [0.1, 0.15) is 0 Å². The Kier molecular flexibility index (Phi) is 4.85. The van der Waals surface area contributed by atoms with Crippen LogP contribution in [-0.4, -0.2) is 41.8 Å². The van der Waals surface area contributed by atoms with E-state index >= 15 is 0 Å². The molecule has 0 bridgehead atoms. The van der Waals surface area contributed by atoms with Gasteiger partial charge in [0, 0.05) is 13.1 Å². The zero-order valence-corrected chi connectivity index (χ0v) is 8.36. The molecule has 1 aliphatic rings. The number of carbonyl (C=O) groups excluding carboxylic acids is 1. The minimum absolute atomic E-state index is 0.543.